The molecule has 24 heavy (non-hydrogen) atoms. The van der Waals surface area contributed by atoms with Gasteiger partial charge in [-0.1, -0.05) is 13.8 Å². The topological polar surface area (TPSA) is 57.5 Å². The Kier molecular flexibility index (Phi) is 3.93. The third kappa shape index (κ3) is 2.19. The summed E-state index contributed by atoms with van der Waals surface area (Å²) in [4.78, 5) is 13.0. The van der Waals surface area contributed by atoms with Crippen LogP contribution >= 0.6 is 0 Å². The minimum Gasteiger partial charge on any atom is -0.393 e. The normalized spacial score (nSPS) is 55.5. The van der Waals surface area contributed by atoms with Gasteiger partial charge in [0.1, 0.15) is 5.78 Å². The highest BCUT2D eigenvalue weighted by Crippen LogP contribution is 2.67. The number of carbonyl (C=O) groups is 1. The van der Waals surface area contributed by atoms with Crippen molar-refractivity contribution in [1.82, 2.24) is 0 Å². The standard InChI is InChI=1S/C21H34O3/c1-12(22)15-4-5-16-14-11-19(24)18-10-13(23)6-8-21(18,3)17(14)7-9-20(15,16)2/h12-18,22-23H,4-11H2,1-3H3/t12-,13+,14-,15-,16-,17-,18-,20-,21+/m1/s1. The third-order valence-electron chi connectivity index (χ3n) is 9.09. The van der Waals surface area contributed by atoms with Crippen LogP contribution in [0.1, 0.15) is 72.1 Å². The van der Waals surface area contributed by atoms with Crippen molar-refractivity contribution in [3.63, 3.8) is 0 Å². The van der Waals surface area contributed by atoms with Crippen LogP contribution in [-0.4, -0.2) is 28.2 Å². The Morgan fingerprint density at radius 2 is 1.71 bits per heavy atom. The van der Waals surface area contributed by atoms with Crippen LogP contribution in [0, 0.1) is 40.4 Å². The largest absolute Gasteiger partial charge is 0.393 e. The maximum Gasteiger partial charge on any atom is 0.136 e. The molecule has 0 heterocycles. The Balaban J connectivity index is 1.66. The quantitative estimate of drug-likeness (QED) is 0.771. The zero-order valence-electron chi connectivity index (χ0n) is 15.5. The van der Waals surface area contributed by atoms with Gasteiger partial charge in [-0.3, -0.25) is 4.79 Å². The molecule has 0 aromatic carbocycles. The number of hydrogen-bond donors (Lipinski definition) is 2. The van der Waals surface area contributed by atoms with Gasteiger partial charge in [-0.2, -0.15) is 0 Å². The lowest BCUT2D eigenvalue weighted by atomic mass is 9.44. The molecule has 4 aliphatic rings. The Labute approximate surface area is 146 Å². The molecule has 0 spiro atoms. The number of Topliss-reactive ketones (excluding diaryl/α,β-unsaturated/α-hetero) is 1. The predicted octanol–water partition coefficient (Wildman–Crippen LogP) is 3.57. The van der Waals surface area contributed by atoms with Gasteiger partial charge < -0.3 is 10.2 Å². The zero-order valence-corrected chi connectivity index (χ0v) is 15.5. The van der Waals surface area contributed by atoms with E-state index in [9.17, 15) is 15.0 Å². The second kappa shape index (κ2) is 5.54. The molecule has 4 saturated carbocycles. The van der Waals surface area contributed by atoms with Crippen LogP contribution in [0.2, 0.25) is 0 Å². The van der Waals surface area contributed by atoms with Crippen molar-refractivity contribution in [2.45, 2.75) is 84.3 Å². The first-order valence-electron chi connectivity index (χ1n) is 10.2. The fourth-order valence-corrected chi connectivity index (χ4v) is 7.85. The van der Waals surface area contributed by atoms with E-state index in [-0.39, 0.29) is 29.0 Å². The van der Waals surface area contributed by atoms with Crippen LogP contribution in [-0.2, 0) is 4.79 Å². The molecule has 3 nitrogen and oxygen atoms in total. The molecule has 9 atom stereocenters. The summed E-state index contributed by atoms with van der Waals surface area (Å²) in [5.41, 5.74) is 0.316. The van der Waals surface area contributed by atoms with Crippen LogP contribution in [0.5, 0.6) is 0 Å². The number of aliphatic hydroxyl groups excluding tert-OH is 2. The molecule has 0 amide bonds. The monoisotopic (exact) mass is 334 g/mol. The zero-order chi connectivity index (χ0) is 17.3. The van der Waals surface area contributed by atoms with Crippen LogP contribution in [0.3, 0.4) is 0 Å². The van der Waals surface area contributed by atoms with E-state index in [1.165, 1.54) is 19.3 Å². The van der Waals surface area contributed by atoms with E-state index in [0.29, 0.717) is 35.9 Å². The average molecular weight is 335 g/mol. The van der Waals surface area contributed by atoms with Crippen LogP contribution in [0.4, 0.5) is 0 Å². The van der Waals surface area contributed by atoms with E-state index in [1.807, 2.05) is 6.92 Å². The summed E-state index contributed by atoms with van der Waals surface area (Å²) in [7, 11) is 0. The summed E-state index contributed by atoms with van der Waals surface area (Å²) >= 11 is 0. The summed E-state index contributed by atoms with van der Waals surface area (Å²) in [5, 5.41) is 20.4. The van der Waals surface area contributed by atoms with E-state index in [2.05, 4.69) is 13.8 Å². The van der Waals surface area contributed by atoms with Crippen molar-refractivity contribution in [2.24, 2.45) is 40.4 Å². The smallest absolute Gasteiger partial charge is 0.136 e. The van der Waals surface area contributed by atoms with Gasteiger partial charge in [-0.15, -0.1) is 0 Å². The molecule has 0 aromatic rings. The molecule has 0 aromatic heterocycles. The SMILES string of the molecule is C[C@@H](O)[C@H]1CC[C@@H]2[C@H]3CC(=O)[C@H]4C[C@@H](O)CC[C@@]4(C)[C@@H]3CC[C@@]21C. The lowest BCUT2D eigenvalue weighted by Gasteiger charge is -2.60. The van der Waals surface area contributed by atoms with E-state index in [0.717, 1.165) is 25.7 Å². The molecular formula is C21H34O3. The van der Waals surface area contributed by atoms with Crippen molar-refractivity contribution in [1.29, 1.82) is 0 Å². The van der Waals surface area contributed by atoms with Gasteiger partial charge in [-0.25, -0.2) is 0 Å². The maximum atomic E-state index is 13.0. The average Bonchev–Trinajstić information content (AvgIpc) is 2.87. The summed E-state index contributed by atoms with van der Waals surface area (Å²) in [6.45, 7) is 6.69. The van der Waals surface area contributed by atoms with Gasteiger partial charge >= 0.3 is 0 Å². The van der Waals surface area contributed by atoms with Gasteiger partial charge in [0.25, 0.3) is 0 Å². The minimum atomic E-state index is -0.275. The number of aliphatic hydroxyl groups is 2. The van der Waals surface area contributed by atoms with Gasteiger partial charge in [0.15, 0.2) is 0 Å². The van der Waals surface area contributed by atoms with Crippen molar-refractivity contribution >= 4 is 5.78 Å². The van der Waals surface area contributed by atoms with Gasteiger partial charge in [0.2, 0.25) is 0 Å². The minimum absolute atomic E-state index is 0.0841. The van der Waals surface area contributed by atoms with Crippen molar-refractivity contribution in [2.75, 3.05) is 0 Å². The Bertz CT molecular complexity index is 529. The van der Waals surface area contributed by atoms with Crippen molar-refractivity contribution in [3.8, 4) is 0 Å². The molecule has 0 saturated heterocycles. The number of hydrogen-bond acceptors (Lipinski definition) is 3. The number of fused-ring (bicyclic) bond motifs is 5. The molecule has 0 bridgehead atoms. The Morgan fingerprint density at radius 1 is 1.04 bits per heavy atom. The summed E-state index contributed by atoms with van der Waals surface area (Å²) in [6.07, 6.45) is 7.49. The molecule has 2 N–H and O–H groups in total. The molecule has 0 unspecified atom stereocenters. The van der Waals surface area contributed by atoms with Crippen LogP contribution < -0.4 is 0 Å². The fourth-order valence-electron chi connectivity index (χ4n) is 7.85. The highest BCUT2D eigenvalue weighted by atomic mass is 16.3. The maximum absolute atomic E-state index is 13.0. The second-order valence-corrected chi connectivity index (χ2v) is 10.0. The highest BCUT2D eigenvalue weighted by molar-refractivity contribution is 5.83. The highest BCUT2D eigenvalue weighted by Gasteiger charge is 2.62. The van der Waals surface area contributed by atoms with Gasteiger partial charge in [-0.05, 0) is 86.4 Å². The first kappa shape index (κ1) is 17.0. The lowest BCUT2D eigenvalue weighted by Crippen LogP contribution is -2.57. The predicted molar refractivity (Wildman–Crippen MR) is 93.3 cm³/mol. The van der Waals surface area contributed by atoms with E-state index in [1.54, 1.807) is 0 Å². The number of rotatable bonds is 1. The summed E-state index contributed by atoms with van der Waals surface area (Å²) < 4.78 is 0. The molecule has 0 radical (unpaired) electrons. The van der Waals surface area contributed by atoms with Crippen LogP contribution in [0.25, 0.3) is 0 Å². The molecular weight excluding hydrogens is 300 g/mol. The molecule has 4 rings (SSSR count). The van der Waals surface area contributed by atoms with E-state index in [4.69, 9.17) is 0 Å². The molecule has 136 valence electrons. The molecule has 4 fully saturated rings. The first-order valence-corrected chi connectivity index (χ1v) is 10.2. The van der Waals surface area contributed by atoms with Crippen molar-refractivity contribution < 1.29 is 15.0 Å². The van der Waals surface area contributed by atoms with E-state index >= 15 is 0 Å². The summed E-state index contributed by atoms with van der Waals surface area (Å²) in [5.74, 6) is 2.65. The number of carbonyl (C=O) groups excluding carboxylic acids is 1. The Hall–Kier alpha value is -0.410. The molecule has 4 aliphatic carbocycles. The second-order valence-electron chi connectivity index (χ2n) is 10.0. The third-order valence-corrected chi connectivity index (χ3v) is 9.09. The molecule has 3 heteroatoms. The van der Waals surface area contributed by atoms with Gasteiger partial charge in [0.05, 0.1) is 12.2 Å². The fraction of sp³-hybridized carbons (Fsp3) is 0.952. The van der Waals surface area contributed by atoms with E-state index < -0.39 is 0 Å². The van der Waals surface area contributed by atoms with Crippen molar-refractivity contribution in [3.05, 3.63) is 0 Å². The molecule has 0 aliphatic heterocycles. The number of ketones is 1. The van der Waals surface area contributed by atoms with Crippen LogP contribution in [0.15, 0.2) is 0 Å². The Morgan fingerprint density at radius 3 is 2.42 bits per heavy atom. The lowest BCUT2D eigenvalue weighted by molar-refractivity contribution is -0.160. The van der Waals surface area contributed by atoms with Gasteiger partial charge in [0, 0.05) is 12.3 Å². The first-order chi connectivity index (χ1) is 11.3. The summed E-state index contributed by atoms with van der Waals surface area (Å²) in [6, 6.07) is 0.